The molecule has 0 spiro atoms. The average molecular weight is 349 g/mol. The Hall–Kier alpha value is -2.82. The highest BCUT2D eigenvalue weighted by atomic mass is 19.1. The van der Waals surface area contributed by atoms with Crippen molar-refractivity contribution in [3.63, 3.8) is 0 Å². The van der Waals surface area contributed by atoms with Gasteiger partial charge in [0.05, 0.1) is 28.5 Å². The van der Waals surface area contributed by atoms with E-state index in [9.17, 15) is 9.18 Å². The molecule has 4 nitrogen and oxygen atoms in total. The maximum Gasteiger partial charge on any atom is 0.254 e. The molecule has 132 valence electrons. The third-order valence-electron chi connectivity index (χ3n) is 5.09. The summed E-state index contributed by atoms with van der Waals surface area (Å²) in [6.45, 7) is 4.55. The first-order valence-corrected chi connectivity index (χ1v) is 8.84. The molecule has 1 amide bonds. The number of hydrogen-bond donors (Lipinski definition) is 0. The van der Waals surface area contributed by atoms with Gasteiger partial charge in [0.25, 0.3) is 5.91 Å². The number of halogens is 1. The molecule has 3 aromatic rings. The second-order valence-electron chi connectivity index (χ2n) is 6.81. The molecule has 0 radical (unpaired) electrons. The highest BCUT2D eigenvalue weighted by Gasteiger charge is 2.30. The quantitative estimate of drug-likeness (QED) is 0.690. The third kappa shape index (κ3) is 2.94. The number of carbonyl (C=O) groups is 1. The highest BCUT2D eigenvalue weighted by molar-refractivity contribution is 5.97. The molecule has 2 heterocycles. The average Bonchev–Trinajstić information content (AvgIpc) is 3.12. The molecule has 2 aromatic carbocycles. The van der Waals surface area contributed by atoms with Gasteiger partial charge in [0.2, 0.25) is 0 Å². The molecule has 26 heavy (non-hydrogen) atoms. The molecule has 1 aromatic heterocycles. The normalized spacial score (nSPS) is 17.0. The Labute approximate surface area is 151 Å². The van der Waals surface area contributed by atoms with Gasteiger partial charge < -0.3 is 4.90 Å². The van der Waals surface area contributed by atoms with Crippen LogP contribution in [-0.2, 0) is 0 Å². The van der Waals surface area contributed by atoms with Crippen LogP contribution < -0.4 is 0 Å². The van der Waals surface area contributed by atoms with Gasteiger partial charge in [-0.05, 0) is 62.6 Å². The first-order chi connectivity index (χ1) is 12.5. The maximum atomic E-state index is 13.2. The molecule has 1 atom stereocenters. The molecular formula is C21H20FN3O. The van der Waals surface area contributed by atoms with E-state index < -0.39 is 0 Å². The lowest BCUT2D eigenvalue weighted by Gasteiger charge is -2.25. The smallest absolute Gasteiger partial charge is 0.254 e. The third-order valence-corrected chi connectivity index (χ3v) is 5.09. The van der Waals surface area contributed by atoms with E-state index in [4.69, 9.17) is 0 Å². The summed E-state index contributed by atoms with van der Waals surface area (Å²) >= 11 is 0. The van der Waals surface area contributed by atoms with E-state index in [1.54, 1.807) is 12.1 Å². The number of likely N-dealkylation sites (tertiary alicyclic amines) is 1. The number of hydrogen-bond acceptors (Lipinski definition) is 3. The lowest BCUT2D eigenvalue weighted by atomic mass is 10.0. The van der Waals surface area contributed by atoms with Gasteiger partial charge in [-0.25, -0.2) is 14.4 Å². The Kier molecular flexibility index (Phi) is 4.15. The van der Waals surface area contributed by atoms with Crippen LogP contribution in [0.4, 0.5) is 4.39 Å². The van der Waals surface area contributed by atoms with Crippen LogP contribution in [0.5, 0.6) is 0 Å². The Balaban J connectivity index is 1.66. The van der Waals surface area contributed by atoms with E-state index in [1.807, 2.05) is 36.9 Å². The van der Waals surface area contributed by atoms with Gasteiger partial charge in [-0.15, -0.1) is 0 Å². The second-order valence-corrected chi connectivity index (χ2v) is 6.81. The summed E-state index contributed by atoms with van der Waals surface area (Å²) in [6, 6.07) is 11.9. The first kappa shape index (κ1) is 16.6. The minimum absolute atomic E-state index is 0.00960. The monoisotopic (exact) mass is 349 g/mol. The number of amides is 1. The van der Waals surface area contributed by atoms with Gasteiger partial charge in [-0.1, -0.05) is 12.1 Å². The summed E-state index contributed by atoms with van der Waals surface area (Å²) < 4.78 is 13.2. The molecule has 0 N–H and O–H groups in total. The number of aryl methyl sites for hydroxylation is 2. The number of rotatable bonds is 2. The predicted octanol–water partition coefficient (Wildman–Crippen LogP) is 4.36. The van der Waals surface area contributed by atoms with E-state index in [1.165, 1.54) is 12.1 Å². The molecule has 4 rings (SSSR count). The molecule has 1 aliphatic heterocycles. The SMILES string of the molecule is Cc1nc2ccc(C(=O)N3CCC[C@H]3c3ccc(F)cc3)cc2nc1C. The van der Waals surface area contributed by atoms with Crippen molar-refractivity contribution in [3.05, 3.63) is 70.8 Å². The van der Waals surface area contributed by atoms with Gasteiger partial charge in [0, 0.05) is 12.1 Å². The fourth-order valence-electron chi connectivity index (χ4n) is 3.57. The first-order valence-electron chi connectivity index (χ1n) is 8.84. The van der Waals surface area contributed by atoms with E-state index in [2.05, 4.69) is 9.97 Å². The lowest BCUT2D eigenvalue weighted by Crippen LogP contribution is -2.30. The Bertz CT molecular complexity index is 984. The molecule has 0 unspecified atom stereocenters. The van der Waals surface area contributed by atoms with Crippen molar-refractivity contribution in [1.82, 2.24) is 14.9 Å². The molecular weight excluding hydrogens is 329 g/mol. The molecule has 1 saturated heterocycles. The van der Waals surface area contributed by atoms with Gasteiger partial charge >= 0.3 is 0 Å². The summed E-state index contributed by atoms with van der Waals surface area (Å²) in [5.74, 6) is -0.276. The van der Waals surface area contributed by atoms with E-state index >= 15 is 0 Å². The number of benzene rings is 2. The number of nitrogens with zero attached hydrogens (tertiary/aromatic N) is 3. The lowest BCUT2D eigenvalue weighted by molar-refractivity contribution is 0.0736. The van der Waals surface area contributed by atoms with Crippen LogP contribution in [0.15, 0.2) is 42.5 Å². The zero-order chi connectivity index (χ0) is 18.3. The van der Waals surface area contributed by atoms with Crippen LogP contribution in [0.2, 0.25) is 0 Å². The van der Waals surface area contributed by atoms with Crippen molar-refractivity contribution in [3.8, 4) is 0 Å². The van der Waals surface area contributed by atoms with Crippen molar-refractivity contribution in [2.24, 2.45) is 0 Å². The van der Waals surface area contributed by atoms with Gasteiger partial charge in [-0.3, -0.25) is 4.79 Å². The molecule has 1 aliphatic rings. The van der Waals surface area contributed by atoms with Crippen LogP contribution in [0.25, 0.3) is 11.0 Å². The fourth-order valence-corrected chi connectivity index (χ4v) is 3.57. The van der Waals surface area contributed by atoms with E-state index in [-0.39, 0.29) is 17.8 Å². The molecule has 1 fully saturated rings. The standard InChI is InChI=1S/C21H20FN3O/c1-13-14(2)24-19-12-16(7-10-18(19)23-13)21(26)25-11-3-4-20(25)15-5-8-17(22)9-6-15/h5-10,12,20H,3-4,11H2,1-2H3/t20-/m0/s1. The maximum absolute atomic E-state index is 13.2. The van der Waals surface area contributed by atoms with Crippen LogP contribution >= 0.6 is 0 Å². The fraction of sp³-hybridized carbons (Fsp3) is 0.286. The topological polar surface area (TPSA) is 46.1 Å². The zero-order valence-corrected chi connectivity index (χ0v) is 14.9. The van der Waals surface area contributed by atoms with Crippen molar-refractivity contribution < 1.29 is 9.18 Å². The Morgan fingerprint density at radius 1 is 1.04 bits per heavy atom. The predicted molar refractivity (Wildman–Crippen MR) is 98.4 cm³/mol. The Morgan fingerprint density at radius 3 is 2.46 bits per heavy atom. The van der Waals surface area contributed by atoms with Crippen molar-refractivity contribution in [2.75, 3.05) is 6.54 Å². The number of carbonyl (C=O) groups excluding carboxylic acids is 1. The minimum atomic E-state index is -0.261. The second kappa shape index (κ2) is 6.48. The minimum Gasteiger partial charge on any atom is -0.332 e. The number of aromatic nitrogens is 2. The summed E-state index contributed by atoms with van der Waals surface area (Å²) in [5.41, 5.74) is 4.88. The van der Waals surface area contributed by atoms with E-state index in [0.717, 1.165) is 40.8 Å². The van der Waals surface area contributed by atoms with Crippen molar-refractivity contribution >= 4 is 16.9 Å². The Morgan fingerprint density at radius 2 is 1.73 bits per heavy atom. The summed E-state index contributed by atoms with van der Waals surface area (Å²) in [6.07, 6.45) is 1.84. The molecule has 5 heteroatoms. The summed E-state index contributed by atoms with van der Waals surface area (Å²) in [5, 5.41) is 0. The van der Waals surface area contributed by atoms with Gasteiger partial charge in [0.15, 0.2) is 0 Å². The number of fused-ring (bicyclic) bond motifs is 1. The summed E-state index contributed by atoms with van der Waals surface area (Å²) in [7, 11) is 0. The van der Waals surface area contributed by atoms with Crippen molar-refractivity contribution in [1.29, 1.82) is 0 Å². The van der Waals surface area contributed by atoms with Crippen LogP contribution in [0.1, 0.15) is 46.2 Å². The van der Waals surface area contributed by atoms with Gasteiger partial charge in [0.1, 0.15) is 5.82 Å². The largest absolute Gasteiger partial charge is 0.332 e. The highest BCUT2D eigenvalue weighted by Crippen LogP contribution is 2.33. The van der Waals surface area contributed by atoms with Gasteiger partial charge in [-0.2, -0.15) is 0 Å². The molecule has 0 aliphatic carbocycles. The van der Waals surface area contributed by atoms with Crippen LogP contribution in [-0.4, -0.2) is 27.3 Å². The molecule has 0 saturated carbocycles. The summed E-state index contributed by atoms with van der Waals surface area (Å²) in [4.78, 5) is 24.1. The van der Waals surface area contributed by atoms with Crippen LogP contribution in [0, 0.1) is 19.7 Å². The van der Waals surface area contributed by atoms with E-state index in [0.29, 0.717) is 12.1 Å². The molecule has 0 bridgehead atoms. The van der Waals surface area contributed by atoms with Crippen molar-refractivity contribution in [2.45, 2.75) is 32.7 Å². The zero-order valence-electron chi connectivity index (χ0n) is 14.9. The van der Waals surface area contributed by atoms with Crippen LogP contribution in [0.3, 0.4) is 0 Å².